The first kappa shape index (κ1) is 25.3. The van der Waals surface area contributed by atoms with E-state index in [0.717, 1.165) is 44.7 Å². The molecule has 1 unspecified atom stereocenters. The first-order valence-electron chi connectivity index (χ1n) is 9.84. The summed E-state index contributed by atoms with van der Waals surface area (Å²) in [5, 5.41) is 6.65. The van der Waals surface area contributed by atoms with E-state index < -0.39 is 12.7 Å². The molecule has 0 aromatic rings. The molecular formula is C18H33F3IN5O. The number of alkyl halides is 3. The highest BCUT2D eigenvalue weighted by Crippen LogP contribution is 2.24. The minimum absolute atomic E-state index is 0. The van der Waals surface area contributed by atoms with Crippen LogP contribution in [0.5, 0.6) is 0 Å². The van der Waals surface area contributed by atoms with E-state index in [9.17, 15) is 18.0 Å². The Balaban J connectivity index is 0.00000392. The van der Waals surface area contributed by atoms with Gasteiger partial charge in [0.25, 0.3) is 0 Å². The molecule has 0 aliphatic carbocycles. The lowest BCUT2D eigenvalue weighted by Gasteiger charge is -2.32. The van der Waals surface area contributed by atoms with Crippen molar-refractivity contribution in [2.45, 2.75) is 51.2 Å². The number of rotatable bonds is 6. The Morgan fingerprint density at radius 1 is 1.18 bits per heavy atom. The summed E-state index contributed by atoms with van der Waals surface area (Å²) < 4.78 is 37.3. The van der Waals surface area contributed by atoms with E-state index in [1.165, 1.54) is 4.90 Å². The van der Waals surface area contributed by atoms with Crippen molar-refractivity contribution in [1.29, 1.82) is 0 Å². The molecule has 164 valence electrons. The molecule has 1 atom stereocenters. The van der Waals surface area contributed by atoms with Gasteiger partial charge in [0.15, 0.2) is 5.96 Å². The second kappa shape index (κ2) is 12.0. The van der Waals surface area contributed by atoms with Gasteiger partial charge < -0.3 is 15.5 Å². The normalized spacial score (nSPS) is 22.1. The molecule has 2 aliphatic heterocycles. The Bertz CT molecular complexity index is 510. The second-order valence-corrected chi connectivity index (χ2v) is 7.45. The first-order chi connectivity index (χ1) is 12.8. The Morgan fingerprint density at radius 2 is 1.86 bits per heavy atom. The predicted octanol–water partition coefficient (Wildman–Crippen LogP) is 2.44. The average molecular weight is 519 g/mol. The molecule has 2 heterocycles. The fourth-order valence-corrected chi connectivity index (χ4v) is 3.80. The molecular weight excluding hydrogens is 486 g/mol. The van der Waals surface area contributed by atoms with Crippen molar-refractivity contribution in [2.75, 3.05) is 46.3 Å². The Labute approximate surface area is 182 Å². The molecule has 28 heavy (non-hydrogen) atoms. The molecule has 0 radical (unpaired) electrons. The van der Waals surface area contributed by atoms with Crippen LogP contribution in [0.3, 0.4) is 0 Å². The maximum absolute atomic E-state index is 12.4. The molecule has 0 saturated carbocycles. The summed E-state index contributed by atoms with van der Waals surface area (Å²) in [6, 6.07) is 0.206. The Morgan fingerprint density at radius 3 is 2.43 bits per heavy atom. The van der Waals surface area contributed by atoms with Crippen molar-refractivity contribution < 1.29 is 18.0 Å². The smallest absolute Gasteiger partial charge is 0.356 e. The number of aliphatic imine (C=N–C) groups is 1. The number of likely N-dealkylation sites (tertiary alicyclic amines) is 2. The van der Waals surface area contributed by atoms with Gasteiger partial charge in [-0.3, -0.25) is 14.7 Å². The predicted molar refractivity (Wildman–Crippen MR) is 115 cm³/mol. The summed E-state index contributed by atoms with van der Waals surface area (Å²) in [5.41, 5.74) is 0. The number of halogens is 4. The summed E-state index contributed by atoms with van der Waals surface area (Å²) in [4.78, 5) is 19.4. The topological polar surface area (TPSA) is 60.0 Å². The number of piperidine rings is 1. The number of amides is 1. The SMILES string of the molecule is CCC(=O)N1CCC(NC(=NC)NCCC2CCN(CC(F)(F)F)CC2)C1.I. The number of guanidine groups is 1. The molecule has 2 saturated heterocycles. The van der Waals surface area contributed by atoms with Gasteiger partial charge in [0.2, 0.25) is 5.91 Å². The van der Waals surface area contributed by atoms with Crippen molar-refractivity contribution in [2.24, 2.45) is 10.9 Å². The number of carbonyl (C=O) groups is 1. The van der Waals surface area contributed by atoms with Crippen LogP contribution < -0.4 is 10.6 Å². The van der Waals surface area contributed by atoms with Crippen LogP contribution in [-0.2, 0) is 4.79 Å². The molecule has 0 aromatic carbocycles. The lowest BCUT2D eigenvalue weighted by molar-refractivity contribution is -0.148. The van der Waals surface area contributed by atoms with E-state index in [1.54, 1.807) is 7.05 Å². The number of nitrogens with one attached hydrogen (secondary N) is 2. The molecule has 0 spiro atoms. The van der Waals surface area contributed by atoms with Crippen LogP contribution in [0.1, 0.15) is 39.0 Å². The molecule has 6 nitrogen and oxygen atoms in total. The van der Waals surface area contributed by atoms with Gasteiger partial charge >= 0.3 is 6.18 Å². The fraction of sp³-hybridized carbons (Fsp3) is 0.889. The van der Waals surface area contributed by atoms with E-state index in [-0.39, 0.29) is 35.9 Å². The van der Waals surface area contributed by atoms with Crippen molar-refractivity contribution in [1.82, 2.24) is 20.4 Å². The summed E-state index contributed by atoms with van der Waals surface area (Å²) in [6.45, 7) is 4.32. The van der Waals surface area contributed by atoms with Crippen LogP contribution in [0.2, 0.25) is 0 Å². The maximum Gasteiger partial charge on any atom is 0.401 e. The van der Waals surface area contributed by atoms with E-state index in [1.807, 2.05) is 11.8 Å². The minimum atomic E-state index is -4.11. The third kappa shape index (κ3) is 8.71. The van der Waals surface area contributed by atoms with Crippen LogP contribution >= 0.6 is 24.0 Å². The first-order valence-corrected chi connectivity index (χ1v) is 9.84. The van der Waals surface area contributed by atoms with E-state index in [0.29, 0.717) is 32.0 Å². The zero-order valence-corrected chi connectivity index (χ0v) is 19.1. The highest BCUT2D eigenvalue weighted by Gasteiger charge is 2.32. The number of hydrogen-bond donors (Lipinski definition) is 2. The summed E-state index contributed by atoms with van der Waals surface area (Å²) in [6.07, 6.45) is -0.137. The minimum Gasteiger partial charge on any atom is -0.356 e. The quantitative estimate of drug-likeness (QED) is 0.322. The zero-order valence-electron chi connectivity index (χ0n) is 16.7. The van der Waals surface area contributed by atoms with Crippen LogP contribution in [0.15, 0.2) is 4.99 Å². The molecule has 1 amide bonds. The van der Waals surface area contributed by atoms with Gasteiger partial charge in [0, 0.05) is 39.1 Å². The highest BCUT2D eigenvalue weighted by molar-refractivity contribution is 14.0. The lowest BCUT2D eigenvalue weighted by Crippen LogP contribution is -2.45. The number of carbonyl (C=O) groups excluding carboxylic acids is 1. The molecule has 2 aliphatic rings. The van der Waals surface area contributed by atoms with Crippen molar-refractivity contribution in [3.8, 4) is 0 Å². The summed E-state index contributed by atoms with van der Waals surface area (Å²) >= 11 is 0. The van der Waals surface area contributed by atoms with Gasteiger partial charge in [-0.25, -0.2) is 0 Å². The summed E-state index contributed by atoms with van der Waals surface area (Å²) in [7, 11) is 1.72. The molecule has 2 rings (SSSR count). The largest absolute Gasteiger partial charge is 0.401 e. The van der Waals surface area contributed by atoms with Gasteiger partial charge in [-0.1, -0.05) is 6.92 Å². The fourth-order valence-electron chi connectivity index (χ4n) is 3.80. The van der Waals surface area contributed by atoms with Gasteiger partial charge in [0.1, 0.15) is 0 Å². The van der Waals surface area contributed by atoms with E-state index in [4.69, 9.17) is 0 Å². The third-order valence-corrected chi connectivity index (χ3v) is 5.36. The standard InChI is InChI=1S/C18H32F3N5O.HI/c1-3-16(27)26-11-7-15(12-26)24-17(22-2)23-8-4-14-5-9-25(10-6-14)13-18(19,20)21;/h14-15H,3-13H2,1-2H3,(H2,22,23,24);1H. The van der Waals surface area contributed by atoms with Gasteiger partial charge in [0.05, 0.1) is 6.54 Å². The van der Waals surface area contributed by atoms with Gasteiger partial charge in [-0.15, -0.1) is 24.0 Å². The van der Waals surface area contributed by atoms with E-state index in [2.05, 4.69) is 15.6 Å². The molecule has 0 bridgehead atoms. The third-order valence-electron chi connectivity index (χ3n) is 5.36. The number of nitrogens with zero attached hydrogens (tertiary/aromatic N) is 3. The van der Waals surface area contributed by atoms with Gasteiger partial charge in [-0.05, 0) is 44.7 Å². The maximum atomic E-state index is 12.4. The Hall–Kier alpha value is -0.780. The van der Waals surface area contributed by atoms with Crippen LogP contribution in [0.4, 0.5) is 13.2 Å². The molecule has 10 heteroatoms. The van der Waals surface area contributed by atoms with Crippen molar-refractivity contribution >= 4 is 35.8 Å². The Kier molecular flexibility index (Phi) is 10.9. The van der Waals surface area contributed by atoms with Crippen LogP contribution in [0.25, 0.3) is 0 Å². The average Bonchev–Trinajstić information content (AvgIpc) is 3.09. The van der Waals surface area contributed by atoms with Crippen molar-refractivity contribution in [3.05, 3.63) is 0 Å². The molecule has 0 aromatic heterocycles. The van der Waals surface area contributed by atoms with E-state index >= 15 is 0 Å². The monoisotopic (exact) mass is 519 g/mol. The highest BCUT2D eigenvalue weighted by atomic mass is 127. The second-order valence-electron chi connectivity index (χ2n) is 7.45. The zero-order chi connectivity index (χ0) is 19.9. The number of hydrogen-bond acceptors (Lipinski definition) is 3. The van der Waals surface area contributed by atoms with Crippen molar-refractivity contribution in [3.63, 3.8) is 0 Å². The molecule has 2 fully saturated rings. The summed E-state index contributed by atoms with van der Waals surface area (Å²) in [5.74, 6) is 1.35. The van der Waals surface area contributed by atoms with Gasteiger partial charge in [-0.2, -0.15) is 13.2 Å². The molecule has 2 N–H and O–H groups in total. The van der Waals surface area contributed by atoms with Crippen LogP contribution in [0, 0.1) is 5.92 Å². The lowest BCUT2D eigenvalue weighted by atomic mass is 9.93. The van der Waals surface area contributed by atoms with Crippen LogP contribution in [-0.4, -0.2) is 80.2 Å².